The molecule has 2 unspecified atom stereocenters. The number of aliphatic hydroxyl groups is 1. The molecule has 1 amide bonds. The summed E-state index contributed by atoms with van der Waals surface area (Å²) in [7, 11) is 0. The molecule has 0 spiro atoms. The Kier molecular flexibility index (Phi) is 4.73. The number of carbonyl (C=O) groups excluding carboxylic acids is 1. The molecule has 168 valence electrons. The third kappa shape index (κ3) is 3.32. The largest absolute Gasteiger partial charge is 0.448 e. The summed E-state index contributed by atoms with van der Waals surface area (Å²) in [4.78, 5) is 18.9. The van der Waals surface area contributed by atoms with Gasteiger partial charge in [-0.05, 0) is 47.2 Å². The van der Waals surface area contributed by atoms with Crippen molar-refractivity contribution < 1.29 is 19.0 Å². The quantitative estimate of drug-likeness (QED) is 0.579. The van der Waals surface area contributed by atoms with Gasteiger partial charge in [0.15, 0.2) is 0 Å². The predicted octanol–water partition coefficient (Wildman–Crippen LogP) is 4.98. The number of pyridine rings is 1. The highest BCUT2D eigenvalue weighted by Crippen LogP contribution is 2.47. The van der Waals surface area contributed by atoms with E-state index in [1.807, 2.05) is 24.3 Å². The number of rotatable bonds is 3. The number of hydrogen-bond acceptors (Lipinski definition) is 4. The van der Waals surface area contributed by atoms with Gasteiger partial charge in [-0.15, -0.1) is 0 Å². The Morgan fingerprint density at radius 2 is 1.58 bits per heavy atom. The number of piperidine rings is 1. The first-order chi connectivity index (χ1) is 16.0. The van der Waals surface area contributed by atoms with Gasteiger partial charge in [-0.25, -0.2) is 9.78 Å². The van der Waals surface area contributed by atoms with Crippen molar-refractivity contribution in [3.63, 3.8) is 0 Å². The molecule has 33 heavy (non-hydrogen) atoms. The van der Waals surface area contributed by atoms with Crippen LogP contribution in [0.2, 0.25) is 0 Å². The molecule has 6 heteroatoms. The van der Waals surface area contributed by atoms with Gasteiger partial charge in [-0.1, -0.05) is 54.6 Å². The van der Waals surface area contributed by atoms with E-state index < -0.39 is 11.5 Å². The van der Waals surface area contributed by atoms with Gasteiger partial charge < -0.3 is 14.7 Å². The highest BCUT2D eigenvalue weighted by atomic mass is 19.1. The van der Waals surface area contributed by atoms with Crippen LogP contribution in [0.5, 0.6) is 0 Å². The number of hydrogen-bond donors (Lipinski definition) is 1. The highest BCUT2D eigenvalue weighted by molar-refractivity contribution is 5.79. The molecule has 2 atom stereocenters. The summed E-state index contributed by atoms with van der Waals surface area (Å²) in [6.45, 7) is 0.276. The Balaban J connectivity index is 1.19. The van der Waals surface area contributed by atoms with E-state index in [4.69, 9.17) is 4.74 Å². The lowest BCUT2D eigenvalue weighted by Crippen LogP contribution is -2.52. The van der Waals surface area contributed by atoms with E-state index >= 15 is 0 Å². The molecule has 1 aromatic heterocycles. The number of benzene rings is 2. The van der Waals surface area contributed by atoms with Gasteiger partial charge in [-0.2, -0.15) is 4.39 Å². The van der Waals surface area contributed by atoms with Crippen LogP contribution in [0.4, 0.5) is 9.18 Å². The van der Waals surface area contributed by atoms with Crippen LogP contribution in [0.25, 0.3) is 11.1 Å². The number of fused-ring (bicyclic) bond motifs is 5. The first-order valence-electron chi connectivity index (χ1n) is 11.5. The third-order valence-corrected chi connectivity index (χ3v) is 7.51. The second kappa shape index (κ2) is 7.66. The number of nitrogens with zero attached hydrogens (tertiary/aromatic N) is 2. The van der Waals surface area contributed by atoms with Crippen LogP contribution in [0.1, 0.15) is 48.4 Å². The zero-order valence-electron chi connectivity index (χ0n) is 18.2. The number of ether oxygens (including phenoxy) is 1. The van der Waals surface area contributed by atoms with Gasteiger partial charge in [0.1, 0.15) is 12.2 Å². The minimum Gasteiger partial charge on any atom is -0.448 e. The summed E-state index contributed by atoms with van der Waals surface area (Å²) >= 11 is 0. The average Bonchev–Trinajstić information content (AvgIpc) is 3.30. The van der Waals surface area contributed by atoms with E-state index in [0.717, 1.165) is 12.8 Å². The molecule has 2 fully saturated rings. The fourth-order valence-electron chi connectivity index (χ4n) is 6.07. The standard InChI is InChI=1S/C27H25FN2O3/c28-25-11-5-10-24(29-25)27(32)14-17-12-13-18(15-27)30(17)26(31)33-16-23-21-8-3-1-6-19(21)20-7-2-4-9-22(20)23/h1-11,17-18,23,32H,12-16H2. The molecule has 1 N–H and O–H groups in total. The molecule has 2 aromatic carbocycles. The van der Waals surface area contributed by atoms with Crippen molar-refractivity contribution in [3.05, 3.63) is 89.5 Å². The monoisotopic (exact) mass is 444 g/mol. The Hall–Kier alpha value is -3.25. The maximum Gasteiger partial charge on any atom is 0.410 e. The summed E-state index contributed by atoms with van der Waals surface area (Å²) in [5.41, 5.74) is 3.86. The lowest BCUT2D eigenvalue weighted by atomic mass is 9.83. The number of aromatic nitrogens is 1. The maximum absolute atomic E-state index is 13.7. The topological polar surface area (TPSA) is 62.7 Å². The second-order valence-electron chi connectivity index (χ2n) is 9.38. The summed E-state index contributed by atoms with van der Waals surface area (Å²) in [6.07, 6.45) is 1.94. The molecule has 2 saturated heterocycles. The van der Waals surface area contributed by atoms with Crippen LogP contribution in [0.15, 0.2) is 66.7 Å². The molecule has 3 heterocycles. The minimum absolute atomic E-state index is 0.0113. The Morgan fingerprint density at radius 3 is 2.18 bits per heavy atom. The summed E-state index contributed by atoms with van der Waals surface area (Å²) in [5.74, 6) is -0.593. The van der Waals surface area contributed by atoms with Crippen LogP contribution >= 0.6 is 0 Å². The average molecular weight is 445 g/mol. The minimum atomic E-state index is -1.23. The van der Waals surface area contributed by atoms with Gasteiger partial charge in [0.2, 0.25) is 5.95 Å². The zero-order chi connectivity index (χ0) is 22.6. The molecule has 2 bridgehead atoms. The fraction of sp³-hybridized carbons (Fsp3) is 0.333. The first kappa shape index (κ1) is 20.4. The van der Waals surface area contributed by atoms with Crippen LogP contribution in [0, 0.1) is 5.95 Å². The first-order valence-corrected chi connectivity index (χ1v) is 11.5. The summed E-state index contributed by atoms with van der Waals surface area (Å²) < 4.78 is 19.5. The van der Waals surface area contributed by atoms with Crippen molar-refractivity contribution in [1.82, 2.24) is 9.88 Å². The van der Waals surface area contributed by atoms with Crippen molar-refractivity contribution in [3.8, 4) is 11.1 Å². The lowest BCUT2D eigenvalue weighted by Gasteiger charge is -2.42. The van der Waals surface area contributed by atoms with Crippen molar-refractivity contribution in [2.75, 3.05) is 6.61 Å². The molecule has 5 nitrogen and oxygen atoms in total. The van der Waals surface area contributed by atoms with Gasteiger partial charge in [0.05, 0.1) is 5.69 Å². The van der Waals surface area contributed by atoms with E-state index in [2.05, 4.69) is 29.2 Å². The maximum atomic E-state index is 13.7. The molecule has 6 rings (SSSR count). The van der Waals surface area contributed by atoms with E-state index in [-0.39, 0.29) is 30.7 Å². The molecule has 2 aliphatic heterocycles. The molecule has 0 radical (unpaired) electrons. The second-order valence-corrected chi connectivity index (χ2v) is 9.38. The van der Waals surface area contributed by atoms with Crippen molar-refractivity contribution in [1.29, 1.82) is 0 Å². The van der Waals surface area contributed by atoms with Crippen LogP contribution < -0.4 is 0 Å². The molecular formula is C27H25FN2O3. The fourth-order valence-corrected chi connectivity index (χ4v) is 6.07. The van der Waals surface area contributed by atoms with Gasteiger partial charge in [-0.3, -0.25) is 0 Å². The number of carbonyl (C=O) groups is 1. The molecular weight excluding hydrogens is 419 g/mol. The summed E-state index contributed by atoms with van der Waals surface area (Å²) in [5, 5.41) is 11.3. The van der Waals surface area contributed by atoms with E-state index in [9.17, 15) is 14.3 Å². The molecule has 0 saturated carbocycles. The molecule has 1 aliphatic carbocycles. The van der Waals surface area contributed by atoms with Crippen LogP contribution in [-0.2, 0) is 10.3 Å². The van der Waals surface area contributed by atoms with Gasteiger partial charge >= 0.3 is 6.09 Å². The zero-order valence-corrected chi connectivity index (χ0v) is 18.2. The van der Waals surface area contributed by atoms with Crippen LogP contribution in [-0.4, -0.2) is 39.8 Å². The smallest absolute Gasteiger partial charge is 0.410 e. The normalized spacial score (nSPS) is 25.6. The third-order valence-electron chi connectivity index (χ3n) is 7.51. The van der Waals surface area contributed by atoms with E-state index in [0.29, 0.717) is 18.5 Å². The van der Waals surface area contributed by atoms with Crippen molar-refractivity contribution in [2.45, 2.75) is 49.3 Å². The Labute approximate surface area is 191 Å². The van der Waals surface area contributed by atoms with Crippen molar-refractivity contribution in [2.24, 2.45) is 0 Å². The SMILES string of the molecule is O=C(OCC1c2ccccc2-c2ccccc21)N1C2CCC1CC(O)(c1cccc(F)n1)C2. The Bertz CT molecular complexity index is 1170. The van der Waals surface area contributed by atoms with E-state index in [1.54, 1.807) is 17.0 Å². The summed E-state index contributed by atoms with van der Waals surface area (Å²) in [6, 6.07) is 20.7. The predicted molar refractivity (Wildman–Crippen MR) is 121 cm³/mol. The molecule has 3 aliphatic rings. The van der Waals surface area contributed by atoms with E-state index in [1.165, 1.54) is 28.3 Å². The highest BCUT2D eigenvalue weighted by Gasteiger charge is 2.51. The van der Waals surface area contributed by atoms with Gasteiger partial charge in [0, 0.05) is 30.8 Å². The van der Waals surface area contributed by atoms with Crippen molar-refractivity contribution >= 4 is 6.09 Å². The van der Waals surface area contributed by atoms with Crippen LogP contribution in [0.3, 0.4) is 0 Å². The molecule has 3 aromatic rings. The van der Waals surface area contributed by atoms with Gasteiger partial charge in [0.25, 0.3) is 0 Å². The number of amides is 1. The number of halogens is 1. The Morgan fingerprint density at radius 1 is 0.970 bits per heavy atom. The lowest BCUT2D eigenvalue weighted by molar-refractivity contribution is -0.0563.